The van der Waals surface area contributed by atoms with Crippen LogP contribution in [0.2, 0.25) is 5.02 Å². The standard InChI is InChI=1S/C15H13ClN8O/c16-9-4-5-11(19-7-9)22-13-12(17)14(21-8-20-13)23-24-15(25)10-3-1-2-6-18-10/h1-8H,17H2,(H,24,25)(H2,19,20,21,22,23). The molecule has 3 heterocycles. The minimum atomic E-state index is -0.424. The molecule has 0 unspecified atom stereocenters. The first-order valence-electron chi connectivity index (χ1n) is 7.10. The van der Waals surface area contributed by atoms with E-state index < -0.39 is 5.91 Å². The van der Waals surface area contributed by atoms with Gasteiger partial charge in [-0.1, -0.05) is 17.7 Å². The monoisotopic (exact) mass is 356 g/mol. The van der Waals surface area contributed by atoms with Crippen LogP contribution in [0.3, 0.4) is 0 Å². The Morgan fingerprint density at radius 3 is 2.60 bits per heavy atom. The van der Waals surface area contributed by atoms with Crippen molar-refractivity contribution in [3.8, 4) is 0 Å². The van der Waals surface area contributed by atoms with Gasteiger partial charge in [0.15, 0.2) is 11.6 Å². The Bertz CT molecular complexity index is 872. The summed E-state index contributed by atoms with van der Waals surface area (Å²) in [5.41, 5.74) is 11.6. The number of hydrazine groups is 1. The van der Waals surface area contributed by atoms with Crippen molar-refractivity contribution in [2.24, 2.45) is 0 Å². The van der Waals surface area contributed by atoms with Crippen molar-refractivity contribution in [1.29, 1.82) is 0 Å². The van der Waals surface area contributed by atoms with Gasteiger partial charge in [0.1, 0.15) is 23.5 Å². The molecule has 0 aliphatic carbocycles. The average Bonchev–Trinajstić information content (AvgIpc) is 2.64. The average molecular weight is 357 g/mol. The normalized spacial score (nSPS) is 10.1. The van der Waals surface area contributed by atoms with Gasteiger partial charge in [0, 0.05) is 12.4 Å². The van der Waals surface area contributed by atoms with E-state index in [1.54, 1.807) is 30.3 Å². The van der Waals surface area contributed by atoms with E-state index in [-0.39, 0.29) is 17.2 Å². The first-order valence-corrected chi connectivity index (χ1v) is 7.48. The molecule has 0 saturated carbocycles. The third kappa shape index (κ3) is 4.09. The molecule has 3 rings (SSSR count). The van der Waals surface area contributed by atoms with Gasteiger partial charge in [-0.25, -0.2) is 15.0 Å². The van der Waals surface area contributed by atoms with Crippen LogP contribution in [-0.2, 0) is 0 Å². The molecule has 0 saturated heterocycles. The fourth-order valence-corrected chi connectivity index (χ4v) is 1.95. The molecular formula is C15H13ClN8O. The Labute approximate surface area is 147 Å². The van der Waals surface area contributed by atoms with Crippen molar-refractivity contribution < 1.29 is 4.79 Å². The molecule has 0 aromatic carbocycles. The topological polar surface area (TPSA) is 131 Å². The molecule has 1 amide bonds. The van der Waals surface area contributed by atoms with E-state index in [1.807, 2.05) is 0 Å². The van der Waals surface area contributed by atoms with E-state index in [2.05, 4.69) is 36.1 Å². The van der Waals surface area contributed by atoms with Crippen molar-refractivity contribution >= 4 is 40.6 Å². The summed E-state index contributed by atoms with van der Waals surface area (Å²) < 4.78 is 0. The number of carbonyl (C=O) groups excluding carboxylic acids is 1. The van der Waals surface area contributed by atoms with Crippen LogP contribution in [0.15, 0.2) is 49.1 Å². The lowest BCUT2D eigenvalue weighted by Gasteiger charge is -2.12. The van der Waals surface area contributed by atoms with E-state index >= 15 is 0 Å². The predicted molar refractivity (Wildman–Crippen MR) is 94.3 cm³/mol. The highest BCUT2D eigenvalue weighted by molar-refractivity contribution is 6.30. The number of nitrogens with two attached hydrogens (primary N) is 1. The van der Waals surface area contributed by atoms with E-state index in [9.17, 15) is 4.79 Å². The number of hydrogen-bond donors (Lipinski definition) is 4. The molecule has 0 radical (unpaired) electrons. The SMILES string of the molecule is Nc1c(NNC(=O)c2ccccn2)ncnc1Nc1ccc(Cl)cn1. The third-order valence-electron chi connectivity index (χ3n) is 3.05. The van der Waals surface area contributed by atoms with Crippen LogP contribution in [0, 0.1) is 0 Å². The van der Waals surface area contributed by atoms with Gasteiger partial charge in [-0.2, -0.15) is 0 Å². The molecule has 3 aromatic rings. The maximum absolute atomic E-state index is 12.0. The number of anilines is 4. The Kier molecular flexibility index (Phi) is 4.86. The molecule has 0 fully saturated rings. The molecule has 0 spiro atoms. The zero-order chi connectivity index (χ0) is 17.6. The number of carbonyl (C=O) groups is 1. The lowest BCUT2D eigenvalue weighted by molar-refractivity contribution is 0.0957. The van der Waals surface area contributed by atoms with Gasteiger partial charge >= 0.3 is 0 Å². The Hall–Kier alpha value is -3.46. The van der Waals surface area contributed by atoms with Crippen molar-refractivity contribution in [3.05, 3.63) is 59.8 Å². The number of halogens is 1. The maximum Gasteiger partial charge on any atom is 0.288 e. The number of nitrogens with one attached hydrogen (secondary N) is 3. The third-order valence-corrected chi connectivity index (χ3v) is 3.27. The molecule has 10 heteroatoms. The summed E-state index contributed by atoms with van der Waals surface area (Å²) in [6.45, 7) is 0. The van der Waals surface area contributed by atoms with Crippen LogP contribution >= 0.6 is 11.6 Å². The molecule has 9 nitrogen and oxygen atoms in total. The van der Waals surface area contributed by atoms with Gasteiger partial charge in [-0.05, 0) is 24.3 Å². The van der Waals surface area contributed by atoms with Crippen LogP contribution < -0.4 is 21.9 Å². The second kappa shape index (κ2) is 7.41. The molecule has 0 bridgehead atoms. The Morgan fingerprint density at radius 2 is 1.88 bits per heavy atom. The van der Waals surface area contributed by atoms with Gasteiger partial charge in [0.25, 0.3) is 5.91 Å². The Balaban J connectivity index is 1.70. The van der Waals surface area contributed by atoms with Crippen LogP contribution in [-0.4, -0.2) is 25.8 Å². The number of rotatable bonds is 5. The second-order valence-electron chi connectivity index (χ2n) is 4.77. The molecule has 0 aliphatic heterocycles. The maximum atomic E-state index is 12.0. The first kappa shape index (κ1) is 16.4. The van der Waals surface area contributed by atoms with E-state index in [0.29, 0.717) is 16.7 Å². The van der Waals surface area contributed by atoms with Crippen molar-refractivity contribution in [1.82, 2.24) is 25.4 Å². The summed E-state index contributed by atoms with van der Waals surface area (Å²) in [6, 6.07) is 8.37. The van der Waals surface area contributed by atoms with Crippen molar-refractivity contribution in [3.63, 3.8) is 0 Å². The fourth-order valence-electron chi connectivity index (χ4n) is 1.84. The molecule has 0 atom stereocenters. The highest BCUT2D eigenvalue weighted by Crippen LogP contribution is 2.24. The van der Waals surface area contributed by atoms with E-state index in [0.717, 1.165) is 0 Å². The van der Waals surface area contributed by atoms with E-state index in [4.69, 9.17) is 17.3 Å². The molecule has 126 valence electrons. The number of nitrogen functional groups attached to an aromatic ring is 1. The molecular weight excluding hydrogens is 344 g/mol. The van der Waals surface area contributed by atoms with Crippen LogP contribution in [0.4, 0.5) is 23.1 Å². The summed E-state index contributed by atoms with van der Waals surface area (Å²) in [5.74, 6) is 0.654. The summed E-state index contributed by atoms with van der Waals surface area (Å²) in [6.07, 6.45) is 4.31. The van der Waals surface area contributed by atoms with Crippen LogP contribution in [0.25, 0.3) is 0 Å². The van der Waals surface area contributed by atoms with Gasteiger partial charge in [-0.3, -0.25) is 20.6 Å². The molecule has 5 N–H and O–H groups in total. The van der Waals surface area contributed by atoms with Crippen LogP contribution in [0.1, 0.15) is 10.5 Å². The largest absolute Gasteiger partial charge is 0.393 e. The summed E-state index contributed by atoms with van der Waals surface area (Å²) in [7, 11) is 0. The highest BCUT2D eigenvalue weighted by Gasteiger charge is 2.11. The zero-order valence-electron chi connectivity index (χ0n) is 12.8. The smallest absolute Gasteiger partial charge is 0.288 e. The zero-order valence-corrected chi connectivity index (χ0v) is 13.5. The number of hydrogen-bond acceptors (Lipinski definition) is 8. The Morgan fingerprint density at radius 1 is 1.04 bits per heavy atom. The minimum Gasteiger partial charge on any atom is -0.393 e. The molecule has 3 aromatic heterocycles. The summed E-state index contributed by atoms with van der Waals surface area (Å²) >= 11 is 5.80. The van der Waals surface area contributed by atoms with Gasteiger partial charge in [0.05, 0.1) is 5.02 Å². The first-order chi connectivity index (χ1) is 12.1. The quantitative estimate of drug-likeness (QED) is 0.510. The van der Waals surface area contributed by atoms with Crippen LogP contribution in [0.5, 0.6) is 0 Å². The fraction of sp³-hybridized carbons (Fsp3) is 0. The summed E-state index contributed by atoms with van der Waals surface area (Å²) in [4.78, 5) is 28.1. The number of nitrogens with zero attached hydrogens (tertiary/aromatic N) is 4. The van der Waals surface area contributed by atoms with Crippen molar-refractivity contribution in [2.75, 3.05) is 16.5 Å². The number of amides is 1. The van der Waals surface area contributed by atoms with Gasteiger partial charge in [-0.15, -0.1) is 0 Å². The van der Waals surface area contributed by atoms with E-state index in [1.165, 1.54) is 18.7 Å². The minimum absolute atomic E-state index is 0.209. The highest BCUT2D eigenvalue weighted by atomic mass is 35.5. The van der Waals surface area contributed by atoms with Gasteiger partial charge < -0.3 is 11.1 Å². The van der Waals surface area contributed by atoms with Crippen molar-refractivity contribution in [2.45, 2.75) is 0 Å². The molecule has 25 heavy (non-hydrogen) atoms. The number of aromatic nitrogens is 4. The lowest BCUT2D eigenvalue weighted by Crippen LogP contribution is -2.31. The predicted octanol–water partition coefficient (Wildman–Crippen LogP) is 2.00. The second-order valence-corrected chi connectivity index (χ2v) is 5.20. The van der Waals surface area contributed by atoms with Gasteiger partial charge in [0.2, 0.25) is 0 Å². The number of pyridine rings is 2. The summed E-state index contributed by atoms with van der Waals surface area (Å²) in [5, 5.41) is 3.46. The molecule has 0 aliphatic rings. The lowest BCUT2D eigenvalue weighted by atomic mass is 10.3.